The van der Waals surface area contributed by atoms with E-state index in [9.17, 15) is 9.59 Å². The van der Waals surface area contributed by atoms with Gasteiger partial charge in [0.15, 0.2) is 6.61 Å². The molecule has 3 rings (SSSR count). The number of amides is 1. The lowest BCUT2D eigenvalue weighted by Crippen LogP contribution is -2.30. The minimum absolute atomic E-state index is 0.252. The minimum atomic E-state index is -0.431. The number of carbonyl (C=O) groups excluding carboxylic acids is 2. The Bertz CT molecular complexity index is 845. The molecule has 5 nitrogen and oxygen atoms in total. The van der Waals surface area contributed by atoms with Crippen LogP contribution in [-0.4, -0.2) is 29.6 Å². The van der Waals surface area contributed by atoms with Gasteiger partial charge in [-0.25, -0.2) is 4.79 Å². The number of esters is 1. The highest BCUT2D eigenvalue weighted by Gasteiger charge is 2.28. The second kappa shape index (κ2) is 8.63. The normalized spacial score (nSPS) is 13.6. The van der Waals surface area contributed by atoms with Crippen LogP contribution in [0.15, 0.2) is 30.3 Å². The summed E-state index contributed by atoms with van der Waals surface area (Å²) in [5.41, 5.74) is 5.03. The highest BCUT2D eigenvalue weighted by Crippen LogP contribution is 2.38. The number of aromatic nitrogens is 1. The summed E-state index contributed by atoms with van der Waals surface area (Å²) >= 11 is 0. The minimum Gasteiger partial charge on any atom is -0.452 e. The van der Waals surface area contributed by atoms with E-state index in [2.05, 4.69) is 48.0 Å². The lowest BCUT2D eigenvalue weighted by molar-refractivity contribution is -0.124. The molecule has 1 aliphatic rings. The van der Waals surface area contributed by atoms with Gasteiger partial charge in [-0.05, 0) is 56.2 Å². The molecule has 0 unspecified atom stereocenters. The molecule has 28 heavy (non-hydrogen) atoms. The fourth-order valence-corrected chi connectivity index (χ4v) is 3.55. The van der Waals surface area contributed by atoms with E-state index in [1.165, 1.54) is 11.1 Å². The van der Waals surface area contributed by atoms with E-state index < -0.39 is 5.97 Å². The van der Waals surface area contributed by atoms with E-state index in [4.69, 9.17) is 4.74 Å². The van der Waals surface area contributed by atoms with Crippen molar-refractivity contribution >= 4 is 11.9 Å². The third-order valence-corrected chi connectivity index (χ3v) is 5.33. The van der Waals surface area contributed by atoms with Crippen LogP contribution in [-0.2, 0) is 16.0 Å². The Morgan fingerprint density at radius 2 is 1.86 bits per heavy atom. The quantitative estimate of drug-likeness (QED) is 0.700. The maximum Gasteiger partial charge on any atom is 0.340 e. The highest BCUT2D eigenvalue weighted by molar-refractivity contribution is 5.92. The molecule has 0 radical (unpaired) electrons. The second-order valence-electron chi connectivity index (χ2n) is 7.96. The molecule has 1 aromatic heterocycles. The second-order valence-corrected chi connectivity index (χ2v) is 7.96. The van der Waals surface area contributed by atoms with Gasteiger partial charge in [0.1, 0.15) is 0 Å². The van der Waals surface area contributed by atoms with Gasteiger partial charge in [-0.15, -0.1) is 0 Å². The highest BCUT2D eigenvalue weighted by atomic mass is 16.5. The Hall–Kier alpha value is -2.56. The molecule has 1 aromatic carbocycles. The summed E-state index contributed by atoms with van der Waals surface area (Å²) in [4.78, 5) is 24.3. The molecule has 150 valence electrons. The van der Waals surface area contributed by atoms with Crippen LogP contribution in [0.2, 0.25) is 0 Å². The number of benzene rings is 1. The first-order valence-electron chi connectivity index (χ1n) is 10.1. The summed E-state index contributed by atoms with van der Waals surface area (Å²) in [5.74, 6) is -0.195. The summed E-state index contributed by atoms with van der Waals surface area (Å²) in [6.45, 7) is 8.54. The molecule has 0 saturated heterocycles. The van der Waals surface area contributed by atoms with Crippen molar-refractivity contribution in [3.05, 3.63) is 58.4 Å². The largest absolute Gasteiger partial charge is 0.452 e. The Morgan fingerprint density at radius 3 is 2.46 bits per heavy atom. The van der Waals surface area contributed by atoms with Crippen molar-refractivity contribution in [2.24, 2.45) is 0 Å². The van der Waals surface area contributed by atoms with Crippen LogP contribution in [0.25, 0.3) is 0 Å². The lowest BCUT2D eigenvalue weighted by atomic mass is 10.0. The summed E-state index contributed by atoms with van der Waals surface area (Å²) in [6.07, 6.45) is 3.07. The first-order valence-corrected chi connectivity index (χ1v) is 10.1. The molecule has 1 N–H and O–H groups in total. The van der Waals surface area contributed by atoms with E-state index in [0.29, 0.717) is 24.1 Å². The first-order chi connectivity index (χ1) is 13.4. The van der Waals surface area contributed by atoms with Crippen molar-refractivity contribution in [1.82, 2.24) is 9.88 Å². The Balaban J connectivity index is 1.43. The molecule has 0 atom stereocenters. The molecule has 1 aliphatic carbocycles. The predicted octanol–water partition coefficient (Wildman–Crippen LogP) is 4.08. The predicted molar refractivity (Wildman–Crippen MR) is 110 cm³/mol. The fourth-order valence-electron chi connectivity index (χ4n) is 3.55. The number of nitrogens with one attached hydrogen (secondary N) is 1. The van der Waals surface area contributed by atoms with Gasteiger partial charge in [0.05, 0.1) is 5.56 Å². The zero-order valence-corrected chi connectivity index (χ0v) is 17.2. The molecule has 0 spiro atoms. The molecule has 1 fully saturated rings. The molecule has 2 aromatic rings. The van der Waals surface area contributed by atoms with Gasteiger partial charge >= 0.3 is 5.97 Å². The van der Waals surface area contributed by atoms with Crippen molar-refractivity contribution in [2.45, 2.75) is 58.9 Å². The molecule has 0 aliphatic heterocycles. The van der Waals surface area contributed by atoms with Crippen LogP contribution in [0.5, 0.6) is 0 Å². The van der Waals surface area contributed by atoms with E-state index in [-0.39, 0.29) is 12.5 Å². The zero-order chi connectivity index (χ0) is 20.3. The van der Waals surface area contributed by atoms with Gasteiger partial charge in [0, 0.05) is 24.0 Å². The monoisotopic (exact) mass is 382 g/mol. The molecular formula is C23H30N2O3. The van der Waals surface area contributed by atoms with Crippen molar-refractivity contribution in [3.63, 3.8) is 0 Å². The third-order valence-electron chi connectivity index (χ3n) is 5.33. The van der Waals surface area contributed by atoms with Gasteiger partial charge in [-0.2, -0.15) is 0 Å². The first kappa shape index (κ1) is 20.2. The van der Waals surface area contributed by atoms with Crippen molar-refractivity contribution in [3.8, 4) is 0 Å². The van der Waals surface area contributed by atoms with Crippen LogP contribution < -0.4 is 5.32 Å². The van der Waals surface area contributed by atoms with Crippen molar-refractivity contribution in [2.75, 3.05) is 13.2 Å². The number of hydrogen-bond acceptors (Lipinski definition) is 3. The molecule has 5 heteroatoms. The molecule has 1 heterocycles. The van der Waals surface area contributed by atoms with Crippen LogP contribution >= 0.6 is 0 Å². The third kappa shape index (κ3) is 4.83. The number of hydrogen-bond donors (Lipinski definition) is 1. The summed E-state index contributed by atoms with van der Waals surface area (Å²) < 4.78 is 7.42. The maximum absolute atomic E-state index is 12.3. The van der Waals surface area contributed by atoms with Crippen LogP contribution in [0.3, 0.4) is 0 Å². The maximum atomic E-state index is 12.3. The van der Waals surface area contributed by atoms with Gasteiger partial charge in [0.25, 0.3) is 5.91 Å². The standard InChI is InChI=1S/C23H30N2O3/c1-15(2)19-7-5-18(6-8-19)11-12-24-22(26)14-28-23(27)21-13-16(3)25(17(21)4)20-9-10-20/h5-8,13,15,20H,9-12,14H2,1-4H3,(H,24,26). The molecule has 1 amide bonds. The van der Waals surface area contributed by atoms with E-state index in [0.717, 1.165) is 30.7 Å². The average Bonchev–Trinajstić information content (AvgIpc) is 3.45. The van der Waals surface area contributed by atoms with Gasteiger partial charge < -0.3 is 14.6 Å². The molecular weight excluding hydrogens is 352 g/mol. The van der Waals surface area contributed by atoms with Gasteiger partial charge in [-0.3, -0.25) is 4.79 Å². The van der Waals surface area contributed by atoms with Crippen LogP contribution in [0.1, 0.15) is 71.5 Å². The topological polar surface area (TPSA) is 60.3 Å². The van der Waals surface area contributed by atoms with Gasteiger partial charge in [-0.1, -0.05) is 38.1 Å². The number of carbonyl (C=O) groups is 2. The smallest absolute Gasteiger partial charge is 0.340 e. The van der Waals surface area contributed by atoms with E-state index in [1.807, 2.05) is 19.9 Å². The number of aryl methyl sites for hydroxylation is 1. The Morgan fingerprint density at radius 1 is 1.18 bits per heavy atom. The zero-order valence-electron chi connectivity index (χ0n) is 17.2. The SMILES string of the molecule is Cc1cc(C(=O)OCC(=O)NCCc2ccc(C(C)C)cc2)c(C)n1C1CC1. The molecule has 0 bridgehead atoms. The Kier molecular flexibility index (Phi) is 6.22. The van der Waals surface area contributed by atoms with Crippen molar-refractivity contribution < 1.29 is 14.3 Å². The number of nitrogens with zero attached hydrogens (tertiary/aromatic N) is 1. The van der Waals surface area contributed by atoms with Gasteiger partial charge in [0.2, 0.25) is 0 Å². The average molecular weight is 383 g/mol. The van der Waals surface area contributed by atoms with Crippen LogP contribution in [0, 0.1) is 13.8 Å². The lowest BCUT2D eigenvalue weighted by Gasteiger charge is -2.09. The number of ether oxygens (including phenoxy) is 1. The summed E-state index contributed by atoms with van der Waals surface area (Å²) in [5, 5.41) is 2.81. The Labute approximate surface area is 167 Å². The fraction of sp³-hybridized carbons (Fsp3) is 0.478. The van der Waals surface area contributed by atoms with E-state index in [1.54, 1.807) is 0 Å². The summed E-state index contributed by atoms with van der Waals surface area (Å²) in [6, 6.07) is 10.8. The molecule has 1 saturated carbocycles. The van der Waals surface area contributed by atoms with Crippen molar-refractivity contribution in [1.29, 1.82) is 0 Å². The summed E-state index contributed by atoms with van der Waals surface area (Å²) in [7, 11) is 0. The van der Waals surface area contributed by atoms with Crippen LogP contribution in [0.4, 0.5) is 0 Å². The number of rotatable bonds is 8. The van der Waals surface area contributed by atoms with E-state index >= 15 is 0 Å².